The zero-order valence-corrected chi connectivity index (χ0v) is 14.5. The Bertz CT molecular complexity index is 397. The second kappa shape index (κ2) is 8.89. The van der Waals surface area contributed by atoms with E-state index in [1.54, 1.807) is 0 Å². The topological polar surface area (TPSA) is 24.5 Å². The first kappa shape index (κ1) is 16.9. The molecule has 1 aliphatic rings. The van der Waals surface area contributed by atoms with Gasteiger partial charge in [-0.05, 0) is 56.4 Å². The minimum Gasteiger partial charge on any atom is -0.384 e. The Morgan fingerprint density at radius 3 is 2.67 bits per heavy atom. The number of hydrogen-bond donors (Lipinski definition) is 1. The average molecular weight is 311 g/mol. The van der Waals surface area contributed by atoms with Crippen molar-refractivity contribution in [3.05, 3.63) is 21.9 Å². The van der Waals surface area contributed by atoms with Crippen LogP contribution >= 0.6 is 11.3 Å². The van der Waals surface area contributed by atoms with E-state index in [-0.39, 0.29) is 0 Å². The number of piperidine rings is 1. The lowest BCUT2D eigenvalue weighted by Crippen LogP contribution is -2.34. The molecule has 4 heteroatoms. The van der Waals surface area contributed by atoms with Gasteiger partial charge in [-0.25, -0.2) is 0 Å². The Hall–Kier alpha value is -0.420. The average Bonchev–Trinajstić information content (AvgIpc) is 2.88. The van der Waals surface area contributed by atoms with Crippen molar-refractivity contribution < 1.29 is 4.74 Å². The Labute approximate surface area is 133 Å². The van der Waals surface area contributed by atoms with Crippen molar-refractivity contribution >= 4 is 11.3 Å². The summed E-state index contributed by atoms with van der Waals surface area (Å²) in [5.41, 5.74) is 0. The minimum atomic E-state index is 0.720. The standard InChI is InChI=1S/C17H30N2OS/c1-14(2)10-18-11-16-4-5-17(21-16)12-19-8-6-15(7-9-19)13-20-3/h4-5,14-15,18H,6-13H2,1-3H3. The molecule has 120 valence electrons. The van der Waals surface area contributed by atoms with Crippen molar-refractivity contribution in [2.75, 3.05) is 33.4 Å². The first-order valence-electron chi connectivity index (χ1n) is 8.17. The highest BCUT2D eigenvalue weighted by atomic mass is 32.1. The summed E-state index contributed by atoms with van der Waals surface area (Å²) in [4.78, 5) is 5.55. The van der Waals surface area contributed by atoms with E-state index in [2.05, 4.69) is 36.2 Å². The van der Waals surface area contributed by atoms with E-state index in [1.807, 2.05) is 18.4 Å². The molecule has 21 heavy (non-hydrogen) atoms. The van der Waals surface area contributed by atoms with Gasteiger partial charge in [-0.15, -0.1) is 11.3 Å². The van der Waals surface area contributed by atoms with E-state index >= 15 is 0 Å². The van der Waals surface area contributed by atoms with Crippen LogP contribution in [-0.4, -0.2) is 38.3 Å². The Morgan fingerprint density at radius 2 is 2.00 bits per heavy atom. The largest absolute Gasteiger partial charge is 0.384 e. The molecule has 0 radical (unpaired) electrons. The van der Waals surface area contributed by atoms with E-state index in [4.69, 9.17) is 4.74 Å². The van der Waals surface area contributed by atoms with Gasteiger partial charge in [0.05, 0.1) is 0 Å². The summed E-state index contributed by atoms with van der Waals surface area (Å²) in [5.74, 6) is 1.49. The molecule has 1 N–H and O–H groups in total. The van der Waals surface area contributed by atoms with Crippen molar-refractivity contribution in [2.24, 2.45) is 11.8 Å². The third-order valence-corrected chi connectivity index (χ3v) is 5.13. The normalized spacial score (nSPS) is 17.7. The highest BCUT2D eigenvalue weighted by Crippen LogP contribution is 2.22. The van der Waals surface area contributed by atoms with Gasteiger partial charge in [0.1, 0.15) is 0 Å². The number of methoxy groups -OCH3 is 1. The molecular weight excluding hydrogens is 280 g/mol. The van der Waals surface area contributed by atoms with Crippen molar-refractivity contribution in [2.45, 2.75) is 39.8 Å². The monoisotopic (exact) mass is 310 g/mol. The van der Waals surface area contributed by atoms with Crippen LogP contribution in [0.25, 0.3) is 0 Å². The van der Waals surface area contributed by atoms with E-state index < -0.39 is 0 Å². The zero-order chi connectivity index (χ0) is 15.1. The first-order valence-corrected chi connectivity index (χ1v) is 8.98. The predicted octanol–water partition coefficient (Wildman–Crippen LogP) is 3.35. The smallest absolute Gasteiger partial charge is 0.0491 e. The lowest BCUT2D eigenvalue weighted by Gasteiger charge is -2.31. The number of nitrogens with one attached hydrogen (secondary N) is 1. The van der Waals surface area contributed by atoms with E-state index in [1.165, 1.54) is 35.7 Å². The fraction of sp³-hybridized carbons (Fsp3) is 0.765. The molecule has 2 heterocycles. The molecule has 1 aromatic rings. The Balaban J connectivity index is 1.70. The SMILES string of the molecule is COCC1CCN(Cc2ccc(CNCC(C)C)s2)CC1. The molecule has 0 aromatic carbocycles. The number of likely N-dealkylation sites (tertiary alicyclic amines) is 1. The summed E-state index contributed by atoms with van der Waals surface area (Å²) in [6.07, 6.45) is 2.56. The lowest BCUT2D eigenvalue weighted by atomic mass is 9.98. The molecule has 1 fully saturated rings. The number of nitrogens with zero attached hydrogens (tertiary/aromatic N) is 1. The fourth-order valence-corrected chi connectivity index (χ4v) is 3.88. The number of rotatable bonds is 8. The summed E-state index contributed by atoms with van der Waals surface area (Å²) in [6.45, 7) is 11.1. The highest BCUT2D eigenvalue weighted by Gasteiger charge is 2.19. The molecule has 0 saturated carbocycles. The van der Waals surface area contributed by atoms with Crippen LogP contribution in [0.1, 0.15) is 36.4 Å². The van der Waals surface area contributed by atoms with Crippen LogP contribution in [0.4, 0.5) is 0 Å². The number of hydrogen-bond acceptors (Lipinski definition) is 4. The molecule has 1 saturated heterocycles. The van der Waals surface area contributed by atoms with E-state index in [0.717, 1.165) is 38.1 Å². The number of thiophene rings is 1. The summed E-state index contributed by atoms with van der Waals surface area (Å²) >= 11 is 1.96. The van der Waals surface area contributed by atoms with Crippen molar-refractivity contribution in [3.63, 3.8) is 0 Å². The van der Waals surface area contributed by atoms with Crippen LogP contribution in [0.3, 0.4) is 0 Å². The van der Waals surface area contributed by atoms with Gasteiger partial charge < -0.3 is 10.1 Å². The number of ether oxygens (including phenoxy) is 1. The maximum atomic E-state index is 5.27. The predicted molar refractivity (Wildman–Crippen MR) is 90.7 cm³/mol. The van der Waals surface area contributed by atoms with Gasteiger partial charge in [-0.3, -0.25) is 4.90 Å². The lowest BCUT2D eigenvalue weighted by molar-refractivity contribution is 0.0972. The van der Waals surface area contributed by atoms with Crippen LogP contribution in [0, 0.1) is 11.8 Å². The van der Waals surface area contributed by atoms with Crippen LogP contribution in [0.5, 0.6) is 0 Å². The van der Waals surface area contributed by atoms with Crippen molar-refractivity contribution in [1.29, 1.82) is 0 Å². The Morgan fingerprint density at radius 1 is 1.29 bits per heavy atom. The maximum Gasteiger partial charge on any atom is 0.0491 e. The summed E-state index contributed by atoms with van der Waals surface area (Å²) in [7, 11) is 1.81. The summed E-state index contributed by atoms with van der Waals surface area (Å²) in [6, 6.07) is 4.59. The second-order valence-electron chi connectivity index (χ2n) is 6.57. The summed E-state index contributed by atoms with van der Waals surface area (Å²) in [5, 5.41) is 3.52. The molecule has 1 aliphatic heterocycles. The van der Waals surface area contributed by atoms with E-state index in [9.17, 15) is 0 Å². The van der Waals surface area contributed by atoms with Crippen molar-refractivity contribution in [1.82, 2.24) is 10.2 Å². The molecule has 0 spiro atoms. The fourth-order valence-electron chi connectivity index (χ4n) is 2.85. The van der Waals surface area contributed by atoms with Crippen LogP contribution in [0.15, 0.2) is 12.1 Å². The molecule has 0 bridgehead atoms. The molecule has 0 amide bonds. The Kier molecular flexibility index (Phi) is 7.17. The third kappa shape index (κ3) is 6.07. The maximum absolute atomic E-state index is 5.27. The van der Waals surface area contributed by atoms with Gasteiger partial charge in [0, 0.05) is 36.6 Å². The molecule has 3 nitrogen and oxygen atoms in total. The van der Waals surface area contributed by atoms with Gasteiger partial charge in [-0.2, -0.15) is 0 Å². The molecule has 0 atom stereocenters. The minimum absolute atomic E-state index is 0.720. The van der Waals surface area contributed by atoms with Crippen LogP contribution < -0.4 is 5.32 Å². The summed E-state index contributed by atoms with van der Waals surface area (Å²) < 4.78 is 5.27. The van der Waals surface area contributed by atoms with Gasteiger partial charge in [-0.1, -0.05) is 13.8 Å². The second-order valence-corrected chi connectivity index (χ2v) is 7.82. The zero-order valence-electron chi connectivity index (χ0n) is 13.7. The molecule has 1 aromatic heterocycles. The molecule has 0 aliphatic carbocycles. The van der Waals surface area contributed by atoms with Gasteiger partial charge in [0.2, 0.25) is 0 Å². The third-order valence-electron chi connectivity index (χ3n) is 4.06. The van der Waals surface area contributed by atoms with E-state index in [0.29, 0.717) is 0 Å². The highest BCUT2D eigenvalue weighted by molar-refractivity contribution is 7.11. The van der Waals surface area contributed by atoms with Gasteiger partial charge in [0.15, 0.2) is 0 Å². The van der Waals surface area contributed by atoms with Gasteiger partial charge >= 0.3 is 0 Å². The van der Waals surface area contributed by atoms with Crippen molar-refractivity contribution in [3.8, 4) is 0 Å². The molecule has 2 rings (SSSR count). The quantitative estimate of drug-likeness (QED) is 0.797. The van der Waals surface area contributed by atoms with Gasteiger partial charge in [0.25, 0.3) is 0 Å². The van der Waals surface area contributed by atoms with Crippen LogP contribution in [0.2, 0.25) is 0 Å². The molecule has 0 unspecified atom stereocenters. The van der Waals surface area contributed by atoms with Crippen LogP contribution in [-0.2, 0) is 17.8 Å². The molecular formula is C17H30N2OS. The first-order chi connectivity index (χ1) is 10.2.